The van der Waals surface area contributed by atoms with Gasteiger partial charge in [-0.1, -0.05) is 6.07 Å². The van der Waals surface area contributed by atoms with Crippen LogP contribution in [0, 0.1) is 0 Å². The zero-order valence-corrected chi connectivity index (χ0v) is 18.4. The van der Waals surface area contributed by atoms with Crippen molar-refractivity contribution >= 4 is 33.2 Å². The van der Waals surface area contributed by atoms with Gasteiger partial charge in [0.15, 0.2) is 11.5 Å². The molecule has 2 N–H and O–H groups in total. The Morgan fingerprint density at radius 3 is 2.70 bits per heavy atom. The van der Waals surface area contributed by atoms with Crippen molar-refractivity contribution in [1.29, 1.82) is 0 Å². The Kier molecular flexibility index (Phi) is 5.81. The third-order valence-electron chi connectivity index (χ3n) is 5.37. The summed E-state index contributed by atoms with van der Waals surface area (Å²) in [6.07, 6.45) is 4.09. The van der Waals surface area contributed by atoms with Gasteiger partial charge in [0.1, 0.15) is 9.71 Å². The number of esters is 1. The summed E-state index contributed by atoms with van der Waals surface area (Å²) in [5, 5.41) is 0.830. The van der Waals surface area contributed by atoms with E-state index in [0.717, 1.165) is 52.7 Å². The van der Waals surface area contributed by atoms with Gasteiger partial charge in [0, 0.05) is 11.1 Å². The van der Waals surface area contributed by atoms with Crippen LogP contribution in [0.5, 0.6) is 11.5 Å². The van der Waals surface area contributed by atoms with Crippen LogP contribution < -0.4 is 15.2 Å². The van der Waals surface area contributed by atoms with E-state index in [-0.39, 0.29) is 0 Å². The number of hydrogen-bond donors (Lipinski definition) is 1. The van der Waals surface area contributed by atoms with Gasteiger partial charge in [-0.25, -0.2) is 9.78 Å². The minimum atomic E-state index is -0.397. The van der Waals surface area contributed by atoms with Crippen LogP contribution in [0.3, 0.4) is 0 Å². The highest BCUT2D eigenvalue weighted by molar-refractivity contribution is 7.21. The summed E-state index contributed by atoms with van der Waals surface area (Å²) in [4.78, 5) is 18.6. The van der Waals surface area contributed by atoms with E-state index in [4.69, 9.17) is 24.9 Å². The molecule has 1 aromatic carbocycles. The lowest BCUT2D eigenvalue weighted by molar-refractivity contribution is 0.0533. The first-order valence-electron chi connectivity index (χ1n) is 10.3. The summed E-state index contributed by atoms with van der Waals surface area (Å²) in [6.45, 7) is 4.58. The average molecular weight is 427 g/mol. The van der Waals surface area contributed by atoms with Gasteiger partial charge in [-0.2, -0.15) is 0 Å². The molecule has 30 heavy (non-hydrogen) atoms. The Bertz CT molecular complexity index is 1110. The van der Waals surface area contributed by atoms with Crippen molar-refractivity contribution in [3.05, 3.63) is 34.3 Å². The molecule has 7 heteroatoms. The van der Waals surface area contributed by atoms with Crippen molar-refractivity contribution in [3.8, 4) is 22.6 Å². The van der Waals surface area contributed by atoms with Crippen LogP contribution in [0.4, 0.5) is 5.69 Å². The van der Waals surface area contributed by atoms with Gasteiger partial charge in [0.25, 0.3) is 0 Å². The molecule has 3 aromatic rings. The van der Waals surface area contributed by atoms with Crippen molar-refractivity contribution in [1.82, 2.24) is 4.98 Å². The zero-order valence-electron chi connectivity index (χ0n) is 17.5. The van der Waals surface area contributed by atoms with E-state index in [2.05, 4.69) is 0 Å². The summed E-state index contributed by atoms with van der Waals surface area (Å²) in [6, 6.07) is 5.93. The van der Waals surface area contributed by atoms with Gasteiger partial charge in [-0.3, -0.25) is 0 Å². The molecule has 0 fully saturated rings. The van der Waals surface area contributed by atoms with Crippen LogP contribution in [0.1, 0.15) is 47.6 Å². The number of pyridine rings is 1. The quantitative estimate of drug-likeness (QED) is 0.558. The van der Waals surface area contributed by atoms with Gasteiger partial charge in [-0.15, -0.1) is 11.3 Å². The normalized spacial score (nSPS) is 13.2. The zero-order chi connectivity index (χ0) is 21.3. The Balaban J connectivity index is 2.00. The molecule has 6 nitrogen and oxygen atoms in total. The van der Waals surface area contributed by atoms with Crippen molar-refractivity contribution in [2.24, 2.45) is 0 Å². The molecule has 0 aliphatic heterocycles. The number of methoxy groups -OCH3 is 1. The number of carbonyl (C=O) groups excluding carboxylic acids is 1. The third-order valence-corrected chi connectivity index (χ3v) is 6.45. The van der Waals surface area contributed by atoms with Crippen molar-refractivity contribution in [2.75, 3.05) is 26.1 Å². The highest BCUT2D eigenvalue weighted by Gasteiger charge is 2.26. The van der Waals surface area contributed by atoms with Crippen molar-refractivity contribution in [2.45, 2.75) is 39.5 Å². The molecule has 0 spiro atoms. The molecule has 2 heterocycles. The highest BCUT2D eigenvalue weighted by Crippen LogP contribution is 2.45. The second kappa shape index (κ2) is 8.52. The lowest BCUT2D eigenvalue weighted by Gasteiger charge is -2.21. The number of ether oxygens (including phenoxy) is 3. The minimum Gasteiger partial charge on any atom is -0.493 e. The summed E-state index contributed by atoms with van der Waals surface area (Å²) in [7, 11) is 1.63. The number of thiophene rings is 1. The number of nitrogens with zero attached hydrogens (tertiary/aromatic N) is 1. The summed E-state index contributed by atoms with van der Waals surface area (Å²) < 4.78 is 16.5. The number of aryl methyl sites for hydroxylation is 1. The number of nitrogen functional groups attached to an aromatic ring is 1. The van der Waals surface area contributed by atoms with Crippen molar-refractivity contribution < 1.29 is 19.0 Å². The predicted octanol–water partition coefficient (Wildman–Crippen LogP) is 5.01. The van der Waals surface area contributed by atoms with Crippen LogP contribution in [0.2, 0.25) is 0 Å². The van der Waals surface area contributed by atoms with Gasteiger partial charge in [0.2, 0.25) is 0 Å². The maximum Gasteiger partial charge on any atom is 0.350 e. The van der Waals surface area contributed by atoms with Gasteiger partial charge >= 0.3 is 5.97 Å². The van der Waals surface area contributed by atoms with Crippen LogP contribution in [-0.2, 0) is 17.6 Å². The Labute approximate surface area is 180 Å². The molecule has 0 radical (unpaired) electrons. The molecule has 1 aliphatic rings. The van der Waals surface area contributed by atoms with E-state index >= 15 is 0 Å². The van der Waals surface area contributed by atoms with E-state index in [1.54, 1.807) is 14.0 Å². The molecule has 0 unspecified atom stereocenters. The molecule has 0 bridgehead atoms. The molecular formula is C23H26N2O4S. The molecule has 2 aromatic heterocycles. The van der Waals surface area contributed by atoms with E-state index in [9.17, 15) is 4.79 Å². The SMILES string of the molecule is CCOC(=O)c1sc2nc3c(c(-c4ccc(OC)c(OCC)c4)c2c1N)CCCC3. The third kappa shape index (κ3) is 3.47. The largest absolute Gasteiger partial charge is 0.493 e. The van der Waals surface area contributed by atoms with E-state index < -0.39 is 5.97 Å². The second-order valence-electron chi connectivity index (χ2n) is 7.16. The van der Waals surface area contributed by atoms with Crippen LogP contribution in [0.15, 0.2) is 18.2 Å². The Morgan fingerprint density at radius 1 is 1.17 bits per heavy atom. The number of nitrogens with two attached hydrogens (primary N) is 1. The average Bonchev–Trinajstić information content (AvgIpc) is 3.08. The number of carbonyl (C=O) groups is 1. The molecule has 0 amide bonds. The Hall–Kier alpha value is -2.80. The fourth-order valence-corrected chi connectivity index (χ4v) is 5.09. The summed E-state index contributed by atoms with van der Waals surface area (Å²) in [5.74, 6) is 0.975. The van der Waals surface area contributed by atoms with Gasteiger partial charge in [0.05, 0.1) is 26.0 Å². The number of benzene rings is 1. The monoisotopic (exact) mass is 426 g/mol. The molecular weight excluding hydrogens is 400 g/mol. The number of fused-ring (bicyclic) bond motifs is 2. The lowest BCUT2D eigenvalue weighted by atomic mass is 9.87. The maximum atomic E-state index is 12.5. The van der Waals surface area contributed by atoms with Crippen LogP contribution >= 0.6 is 11.3 Å². The number of anilines is 1. The Morgan fingerprint density at radius 2 is 1.97 bits per heavy atom. The second-order valence-corrected chi connectivity index (χ2v) is 8.16. The van der Waals surface area contributed by atoms with Crippen molar-refractivity contribution in [3.63, 3.8) is 0 Å². The maximum absolute atomic E-state index is 12.5. The smallest absolute Gasteiger partial charge is 0.350 e. The summed E-state index contributed by atoms with van der Waals surface area (Å²) in [5.41, 5.74) is 11.3. The fraction of sp³-hybridized carbons (Fsp3) is 0.391. The molecule has 0 atom stereocenters. The first kappa shape index (κ1) is 20.5. The highest BCUT2D eigenvalue weighted by atomic mass is 32.1. The molecule has 4 rings (SSSR count). The molecule has 0 saturated heterocycles. The fourth-order valence-electron chi connectivity index (χ4n) is 4.07. The number of rotatable bonds is 6. The lowest BCUT2D eigenvalue weighted by Crippen LogP contribution is -2.08. The topological polar surface area (TPSA) is 83.7 Å². The number of aromatic nitrogens is 1. The minimum absolute atomic E-state index is 0.305. The standard InChI is InChI=1S/C23H26N2O4S/c1-4-28-17-12-13(10-11-16(17)27-3)18-14-8-6-7-9-15(14)25-22-19(18)20(24)21(30-22)23(26)29-5-2/h10-12H,4-9,24H2,1-3H3. The summed E-state index contributed by atoms with van der Waals surface area (Å²) >= 11 is 1.31. The van der Waals surface area contributed by atoms with Crippen LogP contribution in [-0.4, -0.2) is 31.3 Å². The molecule has 0 saturated carbocycles. The van der Waals surface area contributed by atoms with Gasteiger partial charge in [-0.05, 0) is 68.4 Å². The van der Waals surface area contributed by atoms with Crippen LogP contribution in [0.25, 0.3) is 21.3 Å². The predicted molar refractivity (Wildman–Crippen MR) is 120 cm³/mol. The van der Waals surface area contributed by atoms with E-state index in [0.29, 0.717) is 35.3 Å². The number of hydrogen-bond acceptors (Lipinski definition) is 7. The first-order valence-corrected chi connectivity index (χ1v) is 11.1. The first-order chi connectivity index (χ1) is 14.6. The molecule has 158 valence electrons. The molecule has 1 aliphatic carbocycles. The van der Waals surface area contributed by atoms with E-state index in [1.165, 1.54) is 16.9 Å². The van der Waals surface area contributed by atoms with Gasteiger partial charge < -0.3 is 19.9 Å². The van der Waals surface area contributed by atoms with E-state index in [1.807, 2.05) is 25.1 Å².